The van der Waals surface area contributed by atoms with E-state index in [-0.39, 0.29) is 27.2 Å². The number of hydrogen-bond acceptors (Lipinski definition) is 8. The second-order valence-electron chi connectivity index (χ2n) is 6.61. The third kappa shape index (κ3) is 4.29. The standard InChI is InChI=1S/C21H18ClN3O5S2/c1-12-19(32(26,27)25-15-9-14(22)16(28-2)10-17(15)29-3)11-18(31-12)21-23-20(24-30-21)13-7-5-4-6-8-13/h4-11,25H,1-3H3. The van der Waals surface area contributed by atoms with Crippen LogP contribution in [0.4, 0.5) is 5.69 Å². The second-order valence-corrected chi connectivity index (χ2v) is 9.93. The van der Waals surface area contributed by atoms with Crippen molar-refractivity contribution in [3.63, 3.8) is 0 Å². The molecule has 166 valence electrons. The zero-order chi connectivity index (χ0) is 22.9. The van der Waals surface area contributed by atoms with Crippen LogP contribution in [0, 0.1) is 6.92 Å². The van der Waals surface area contributed by atoms with Crippen LogP contribution in [-0.4, -0.2) is 32.8 Å². The topological polar surface area (TPSA) is 104 Å². The molecule has 0 aliphatic rings. The zero-order valence-corrected chi connectivity index (χ0v) is 19.6. The Morgan fingerprint density at radius 3 is 2.47 bits per heavy atom. The number of anilines is 1. The summed E-state index contributed by atoms with van der Waals surface area (Å²) in [7, 11) is -1.07. The fourth-order valence-electron chi connectivity index (χ4n) is 3.01. The summed E-state index contributed by atoms with van der Waals surface area (Å²) in [4.78, 5) is 5.58. The molecular formula is C21H18ClN3O5S2. The van der Waals surface area contributed by atoms with E-state index in [4.69, 9.17) is 25.6 Å². The molecule has 11 heteroatoms. The van der Waals surface area contributed by atoms with E-state index >= 15 is 0 Å². The van der Waals surface area contributed by atoms with Crippen molar-refractivity contribution in [3.8, 4) is 33.7 Å². The van der Waals surface area contributed by atoms with Crippen molar-refractivity contribution in [2.75, 3.05) is 18.9 Å². The lowest BCUT2D eigenvalue weighted by molar-refractivity contribution is 0.396. The van der Waals surface area contributed by atoms with E-state index in [1.165, 1.54) is 43.8 Å². The van der Waals surface area contributed by atoms with Crippen molar-refractivity contribution in [3.05, 3.63) is 58.4 Å². The van der Waals surface area contributed by atoms with E-state index in [0.717, 1.165) is 5.56 Å². The van der Waals surface area contributed by atoms with E-state index in [1.807, 2.05) is 30.3 Å². The molecule has 0 aliphatic heterocycles. The molecule has 0 amide bonds. The Labute approximate surface area is 193 Å². The van der Waals surface area contributed by atoms with Crippen molar-refractivity contribution < 1.29 is 22.4 Å². The molecule has 2 aromatic heterocycles. The molecule has 0 atom stereocenters. The number of benzene rings is 2. The maximum Gasteiger partial charge on any atom is 0.268 e. The molecule has 0 saturated carbocycles. The molecule has 2 heterocycles. The predicted molar refractivity (Wildman–Crippen MR) is 123 cm³/mol. The highest BCUT2D eigenvalue weighted by Gasteiger charge is 2.25. The Morgan fingerprint density at radius 1 is 1.06 bits per heavy atom. The zero-order valence-electron chi connectivity index (χ0n) is 17.2. The third-order valence-corrected chi connectivity index (χ3v) is 7.50. The summed E-state index contributed by atoms with van der Waals surface area (Å²) in [6, 6.07) is 13.8. The fraction of sp³-hybridized carbons (Fsp3) is 0.143. The van der Waals surface area contributed by atoms with Gasteiger partial charge in [0.15, 0.2) is 0 Å². The largest absolute Gasteiger partial charge is 0.495 e. The van der Waals surface area contributed by atoms with Crippen LogP contribution in [0.1, 0.15) is 4.88 Å². The normalized spacial score (nSPS) is 11.4. The molecule has 0 saturated heterocycles. The lowest BCUT2D eigenvalue weighted by Gasteiger charge is -2.14. The Morgan fingerprint density at radius 2 is 1.78 bits per heavy atom. The predicted octanol–water partition coefficient (Wildman–Crippen LogP) is 5.24. The van der Waals surface area contributed by atoms with Crippen LogP contribution in [0.3, 0.4) is 0 Å². The first-order chi connectivity index (χ1) is 15.3. The van der Waals surface area contributed by atoms with Gasteiger partial charge in [-0.15, -0.1) is 11.3 Å². The molecule has 8 nitrogen and oxygen atoms in total. The molecule has 32 heavy (non-hydrogen) atoms. The average Bonchev–Trinajstić information content (AvgIpc) is 3.42. The van der Waals surface area contributed by atoms with Crippen molar-refractivity contribution >= 4 is 38.6 Å². The molecule has 4 aromatic rings. The highest BCUT2D eigenvalue weighted by molar-refractivity contribution is 7.93. The summed E-state index contributed by atoms with van der Waals surface area (Å²) in [5.41, 5.74) is 0.989. The number of halogens is 1. The van der Waals surface area contributed by atoms with Gasteiger partial charge in [-0.25, -0.2) is 8.42 Å². The first kappa shape index (κ1) is 22.1. The van der Waals surface area contributed by atoms with Crippen LogP contribution in [0.2, 0.25) is 5.02 Å². The highest BCUT2D eigenvalue weighted by atomic mass is 35.5. The minimum atomic E-state index is -3.95. The van der Waals surface area contributed by atoms with Gasteiger partial charge in [0.05, 0.1) is 29.8 Å². The van der Waals surface area contributed by atoms with Crippen LogP contribution in [0.5, 0.6) is 11.5 Å². The van der Waals surface area contributed by atoms with Gasteiger partial charge in [-0.05, 0) is 19.1 Å². The number of ether oxygens (including phenoxy) is 2. The summed E-state index contributed by atoms with van der Waals surface area (Å²) >= 11 is 7.40. The first-order valence-electron chi connectivity index (χ1n) is 9.26. The summed E-state index contributed by atoms with van der Waals surface area (Å²) in [5.74, 6) is 1.30. The molecule has 4 rings (SSSR count). The van der Waals surface area contributed by atoms with Gasteiger partial charge >= 0.3 is 0 Å². The van der Waals surface area contributed by atoms with Crippen LogP contribution in [0.15, 0.2) is 57.9 Å². The Bertz CT molecular complexity index is 1370. The van der Waals surface area contributed by atoms with Crippen molar-refractivity contribution in [2.45, 2.75) is 11.8 Å². The Kier molecular flexibility index (Phi) is 6.09. The highest BCUT2D eigenvalue weighted by Crippen LogP contribution is 2.39. The van der Waals surface area contributed by atoms with Gasteiger partial charge in [-0.1, -0.05) is 47.1 Å². The van der Waals surface area contributed by atoms with E-state index in [0.29, 0.717) is 21.3 Å². The van der Waals surface area contributed by atoms with Gasteiger partial charge in [0.2, 0.25) is 5.82 Å². The monoisotopic (exact) mass is 491 g/mol. The van der Waals surface area contributed by atoms with Crippen molar-refractivity contribution in [1.29, 1.82) is 0 Å². The molecular weight excluding hydrogens is 474 g/mol. The maximum absolute atomic E-state index is 13.1. The minimum Gasteiger partial charge on any atom is -0.495 e. The van der Waals surface area contributed by atoms with Gasteiger partial charge in [0.1, 0.15) is 16.4 Å². The molecule has 0 spiro atoms. The Hall–Kier alpha value is -3.08. The molecule has 0 radical (unpaired) electrons. The SMILES string of the molecule is COc1cc(OC)c(NS(=O)(=O)c2cc(-c3nc(-c4ccccc4)no3)sc2C)cc1Cl. The molecule has 1 N–H and O–H groups in total. The Balaban J connectivity index is 1.66. The summed E-state index contributed by atoms with van der Waals surface area (Å²) in [6.45, 7) is 1.70. The number of thiophene rings is 1. The fourth-order valence-corrected chi connectivity index (χ4v) is 5.82. The molecule has 0 aliphatic carbocycles. The smallest absolute Gasteiger partial charge is 0.268 e. The average molecular weight is 492 g/mol. The summed E-state index contributed by atoms with van der Waals surface area (Å²) < 4.78 is 44.6. The number of methoxy groups -OCH3 is 2. The lowest BCUT2D eigenvalue weighted by atomic mass is 10.2. The van der Waals surface area contributed by atoms with E-state index in [2.05, 4.69) is 14.9 Å². The second kappa shape index (κ2) is 8.81. The number of aromatic nitrogens is 2. The van der Waals surface area contributed by atoms with E-state index in [1.54, 1.807) is 6.92 Å². The van der Waals surface area contributed by atoms with Gasteiger partial charge in [0, 0.05) is 16.5 Å². The maximum atomic E-state index is 13.1. The number of aryl methyl sites for hydroxylation is 1. The molecule has 0 bridgehead atoms. The van der Waals surface area contributed by atoms with E-state index in [9.17, 15) is 8.42 Å². The number of nitrogens with zero attached hydrogens (tertiary/aromatic N) is 2. The van der Waals surface area contributed by atoms with Crippen LogP contribution < -0.4 is 14.2 Å². The third-order valence-electron chi connectivity index (χ3n) is 4.55. The van der Waals surface area contributed by atoms with Crippen molar-refractivity contribution in [1.82, 2.24) is 10.1 Å². The van der Waals surface area contributed by atoms with Gasteiger partial charge in [0.25, 0.3) is 15.9 Å². The van der Waals surface area contributed by atoms with Crippen LogP contribution >= 0.6 is 22.9 Å². The van der Waals surface area contributed by atoms with Crippen LogP contribution in [-0.2, 0) is 10.0 Å². The lowest BCUT2D eigenvalue weighted by Crippen LogP contribution is -2.14. The number of rotatable bonds is 7. The summed E-state index contributed by atoms with van der Waals surface area (Å²) in [5, 5.41) is 4.24. The quantitative estimate of drug-likeness (QED) is 0.376. The molecule has 2 aromatic carbocycles. The van der Waals surface area contributed by atoms with Gasteiger partial charge < -0.3 is 14.0 Å². The molecule has 0 unspecified atom stereocenters. The van der Waals surface area contributed by atoms with E-state index < -0.39 is 10.0 Å². The van der Waals surface area contributed by atoms with Crippen molar-refractivity contribution in [2.24, 2.45) is 0 Å². The number of sulfonamides is 1. The van der Waals surface area contributed by atoms with Crippen LogP contribution in [0.25, 0.3) is 22.2 Å². The van der Waals surface area contributed by atoms with Gasteiger partial charge in [-0.3, -0.25) is 4.72 Å². The summed E-state index contributed by atoms with van der Waals surface area (Å²) in [6.07, 6.45) is 0. The molecule has 0 fully saturated rings. The number of nitrogens with one attached hydrogen (secondary N) is 1. The number of hydrogen-bond donors (Lipinski definition) is 1. The first-order valence-corrected chi connectivity index (χ1v) is 11.9. The minimum absolute atomic E-state index is 0.0888. The van der Waals surface area contributed by atoms with Gasteiger partial charge in [-0.2, -0.15) is 4.98 Å².